The van der Waals surface area contributed by atoms with Crippen LogP contribution >= 0.6 is 23.6 Å². The summed E-state index contributed by atoms with van der Waals surface area (Å²) in [6.45, 7) is 5.48. The number of carbonyl (C=O) groups excluding carboxylic acids is 1. The molecule has 1 aliphatic rings. The van der Waals surface area contributed by atoms with E-state index in [1.165, 1.54) is 12.0 Å². The van der Waals surface area contributed by atoms with Crippen LogP contribution in [0, 0.1) is 6.92 Å². The van der Waals surface area contributed by atoms with Crippen LogP contribution in [0.5, 0.6) is 0 Å². The predicted octanol–water partition coefficient (Wildman–Crippen LogP) is 3.42. The predicted molar refractivity (Wildman–Crippen MR) is 108 cm³/mol. The smallest absolute Gasteiger partial charge is 0.341 e. The van der Waals surface area contributed by atoms with Crippen molar-refractivity contribution in [3.8, 4) is 0 Å². The van der Waals surface area contributed by atoms with Gasteiger partial charge in [-0.25, -0.2) is 4.79 Å². The van der Waals surface area contributed by atoms with Crippen molar-refractivity contribution in [3.05, 3.63) is 33.5 Å². The topological polar surface area (TPSA) is 68.2 Å². The molecule has 0 amide bonds. The first kappa shape index (κ1) is 18.8. The molecular formula is C18H24N4O2S2. The highest BCUT2D eigenvalue weighted by Gasteiger charge is 2.26. The number of aromatic nitrogens is 2. The average Bonchev–Trinajstić information content (AvgIpc) is 3.18. The van der Waals surface area contributed by atoms with E-state index in [0.717, 1.165) is 54.0 Å². The first-order valence-electron chi connectivity index (χ1n) is 8.84. The standard InChI is InChI=1S/C18H24N4O2S2/c1-4-22-10-12(11(2)21-22)9-19-18(25)20-16-15(17(23)24-3)13-7-5-6-8-14(13)26-16/h10H,4-9H2,1-3H3,(H2,19,20,25). The summed E-state index contributed by atoms with van der Waals surface area (Å²) in [4.78, 5) is 13.5. The molecular weight excluding hydrogens is 368 g/mol. The number of methoxy groups -OCH3 is 1. The van der Waals surface area contributed by atoms with E-state index in [9.17, 15) is 4.79 Å². The van der Waals surface area contributed by atoms with Gasteiger partial charge in [-0.15, -0.1) is 11.3 Å². The second-order valence-electron chi connectivity index (χ2n) is 6.31. The van der Waals surface area contributed by atoms with Gasteiger partial charge in [0.1, 0.15) is 5.00 Å². The summed E-state index contributed by atoms with van der Waals surface area (Å²) in [5, 5.41) is 12.1. The molecule has 26 heavy (non-hydrogen) atoms. The Morgan fingerprint density at radius 1 is 1.42 bits per heavy atom. The number of hydrogen-bond donors (Lipinski definition) is 2. The number of nitrogens with zero attached hydrogens (tertiary/aromatic N) is 2. The van der Waals surface area contributed by atoms with Gasteiger partial charge in [-0.1, -0.05) is 0 Å². The number of esters is 1. The first-order valence-corrected chi connectivity index (χ1v) is 10.1. The van der Waals surface area contributed by atoms with Gasteiger partial charge in [-0.05, 0) is 57.3 Å². The Balaban J connectivity index is 1.71. The van der Waals surface area contributed by atoms with E-state index in [1.54, 1.807) is 11.3 Å². The lowest BCUT2D eigenvalue weighted by atomic mass is 9.95. The van der Waals surface area contributed by atoms with Crippen LogP contribution in [0.15, 0.2) is 6.20 Å². The first-order chi connectivity index (χ1) is 12.5. The highest BCUT2D eigenvalue weighted by Crippen LogP contribution is 2.38. The summed E-state index contributed by atoms with van der Waals surface area (Å²) in [5.74, 6) is -0.297. The van der Waals surface area contributed by atoms with Gasteiger partial charge < -0.3 is 15.4 Å². The quantitative estimate of drug-likeness (QED) is 0.600. The SMILES string of the molecule is CCn1cc(CNC(=S)Nc2sc3c(c2C(=O)OC)CCCC3)c(C)n1. The molecule has 0 saturated heterocycles. The third-order valence-corrected chi connectivity index (χ3v) is 6.05. The van der Waals surface area contributed by atoms with Crippen LogP contribution in [-0.2, 0) is 30.7 Å². The van der Waals surface area contributed by atoms with Gasteiger partial charge in [0, 0.05) is 29.7 Å². The van der Waals surface area contributed by atoms with Gasteiger partial charge in [-0.3, -0.25) is 4.68 Å². The van der Waals surface area contributed by atoms with E-state index in [0.29, 0.717) is 17.2 Å². The highest BCUT2D eigenvalue weighted by atomic mass is 32.1. The van der Waals surface area contributed by atoms with E-state index >= 15 is 0 Å². The van der Waals surface area contributed by atoms with E-state index in [4.69, 9.17) is 17.0 Å². The Labute approximate surface area is 162 Å². The summed E-state index contributed by atoms with van der Waals surface area (Å²) < 4.78 is 6.90. The minimum atomic E-state index is -0.297. The molecule has 0 unspecified atom stereocenters. The number of nitrogens with one attached hydrogen (secondary N) is 2. The lowest BCUT2D eigenvalue weighted by Crippen LogP contribution is -2.28. The molecule has 2 aromatic heterocycles. The monoisotopic (exact) mass is 392 g/mol. The number of ether oxygens (including phenoxy) is 1. The fourth-order valence-corrected chi connectivity index (χ4v) is 4.71. The molecule has 0 aliphatic heterocycles. The fourth-order valence-electron chi connectivity index (χ4n) is 3.19. The largest absolute Gasteiger partial charge is 0.465 e. The maximum atomic E-state index is 12.3. The molecule has 0 aromatic carbocycles. The molecule has 0 atom stereocenters. The number of carbonyl (C=O) groups is 1. The van der Waals surface area contributed by atoms with Crippen molar-refractivity contribution in [2.45, 2.75) is 52.6 Å². The normalized spacial score (nSPS) is 13.2. The molecule has 0 spiro atoms. The highest BCUT2D eigenvalue weighted by molar-refractivity contribution is 7.80. The number of hydrogen-bond acceptors (Lipinski definition) is 5. The number of fused-ring (bicyclic) bond motifs is 1. The Kier molecular flexibility index (Phi) is 5.93. The van der Waals surface area contributed by atoms with E-state index in [-0.39, 0.29) is 5.97 Å². The number of thiocarbonyl (C=S) groups is 1. The third-order valence-electron chi connectivity index (χ3n) is 4.60. The lowest BCUT2D eigenvalue weighted by molar-refractivity contribution is 0.0601. The number of anilines is 1. The lowest BCUT2D eigenvalue weighted by Gasteiger charge is -2.12. The summed E-state index contributed by atoms with van der Waals surface area (Å²) in [5.41, 5.74) is 3.86. The van der Waals surface area contributed by atoms with Gasteiger partial charge in [0.25, 0.3) is 0 Å². The summed E-state index contributed by atoms with van der Waals surface area (Å²) in [6, 6.07) is 0. The van der Waals surface area contributed by atoms with Crippen LogP contribution in [0.4, 0.5) is 5.00 Å². The van der Waals surface area contributed by atoms with Crippen LogP contribution in [-0.4, -0.2) is 28.0 Å². The third kappa shape index (κ3) is 3.91. The Morgan fingerprint density at radius 2 is 2.19 bits per heavy atom. The molecule has 6 nitrogen and oxygen atoms in total. The Morgan fingerprint density at radius 3 is 2.88 bits per heavy atom. The number of thiophene rings is 1. The van der Waals surface area contributed by atoms with Crippen molar-refractivity contribution >= 4 is 39.6 Å². The van der Waals surface area contributed by atoms with Crippen LogP contribution in [0.25, 0.3) is 0 Å². The zero-order valence-electron chi connectivity index (χ0n) is 15.3. The molecule has 1 aliphatic carbocycles. The van der Waals surface area contributed by atoms with Gasteiger partial charge in [0.05, 0.1) is 18.4 Å². The maximum Gasteiger partial charge on any atom is 0.341 e. The fraction of sp³-hybridized carbons (Fsp3) is 0.500. The van der Waals surface area contributed by atoms with Crippen molar-refractivity contribution in [2.24, 2.45) is 0 Å². The number of aryl methyl sites for hydroxylation is 3. The molecule has 2 N–H and O–H groups in total. The van der Waals surface area contributed by atoms with Crippen LogP contribution < -0.4 is 10.6 Å². The van der Waals surface area contributed by atoms with Crippen molar-refractivity contribution < 1.29 is 9.53 Å². The van der Waals surface area contributed by atoms with E-state index in [2.05, 4.69) is 22.7 Å². The summed E-state index contributed by atoms with van der Waals surface area (Å²) >= 11 is 7.05. The molecule has 3 rings (SSSR count). The van der Waals surface area contributed by atoms with Crippen LogP contribution in [0.1, 0.15) is 51.8 Å². The summed E-state index contributed by atoms with van der Waals surface area (Å²) in [6.07, 6.45) is 6.23. The van der Waals surface area contributed by atoms with Crippen molar-refractivity contribution in [1.82, 2.24) is 15.1 Å². The maximum absolute atomic E-state index is 12.3. The zero-order chi connectivity index (χ0) is 18.7. The van der Waals surface area contributed by atoms with Gasteiger partial charge >= 0.3 is 5.97 Å². The van der Waals surface area contributed by atoms with Crippen LogP contribution in [0.3, 0.4) is 0 Å². The second kappa shape index (κ2) is 8.18. The van der Waals surface area contributed by atoms with Crippen molar-refractivity contribution in [1.29, 1.82) is 0 Å². The van der Waals surface area contributed by atoms with Gasteiger partial charge in [0.15, 0.2) is 5.11 Å². The molecule has 140 valence electrons. The minimum absolute atomic E-state index is 0.297. The molecule has 8 heteroatoms. The zero-order valence-corrected chi connectivity index (χ0v) is 17.0. The Hall–Kier alpha value is -1.93. The molecule has 0 fully saturated rings. The minimum Gasteiger partial charge on any atom is -0.465 e. The molecule has 2 heterocycles. The van der Waals surface area contributed by atoms with E-state index < -0.39 is 0 Å². The van der Waals surface area contributed by atoms with Crippen molar-refractivity contribution in [2.75, 3.05) is 12.4 Å². The van der Waals surface area contributed by atoms with Gasteiger partial charge in [0.2, 0.25) is 0 Å². The van der Waals surface area contributed by atoms with Crippen LogP contribution in [0.2, 0.25) is 0 Å². The molecule has 0 bridgehead atoms. The molecule has 0 radical (unpaired) electrons. The second-order valence-corrected chi connectivity index (χ2v) is 7.82. The summed E-state index contributed by atoms with van der Waals surface area (Å²) in [7, 11) is 1.42. The average molecular weight is 393 g/mol. The Bertz CT molecular complexity index is 826. The van der Waals surface area contributed by atoms with Crippen molar-refractivity contribution in [3.63, 3.8) is 0 Å². The van der Waals surface area contributed by atoms with Gasteiger partial charge in [-0.2, -0.15) is 5.10 Å². The number of rotatable bonds is 5. The van der Waals surface area contributed by atoms with E-state index in [1.807, 2.05) is 17.8 Å². The molecule has 2 aromatic rings. The molecule has 0 saturated carbocycles.